The Morgan fingerprint density at radius 3 is 2.41 bits per heavy atom. The van der Waals surface area contributed by atoms with E-state index < -0.39 is 12.1 Å². The first-order valence-corrected chi connectivity index (χ1v) is 8.20. The van der Waals surface area contributed by atoms with Gasteiger partial charge in [-0.15, -0.1) is 0 Å². The molecule has 0 aliphatic heterocycles. The van der Waals surface area contributed by atoms with Crippen molar-refractivity contribution in [2.75, 3.05) is 6.54 Å². The number of carbonyl (C=O) groups is 2. The molecular weight excluding hydrogens is 278 g/mol. The SMILES string of the molecule is CCNC(=O)[C@@H](C)OC(=O)c1ccc(C2CCCCC2)cc1. The van der Waals surface area contributed by atoms with Gasteiger partial charge in [-0.05, 0) is 50.3 Å². The van der Waals surface area contributed by atoms with Crippen LogP contribution in [0.1, 0.15) is 67.8 Å². The topological polar surface area (TPSA) is 55.4 Å². The third kappa shape index (κ3) is 4.33. The van der Waals surface area contributed by atoms with Crippen LogP contribution in [0.4, 0.5) is 0 Å². The fourth-order valence-electron chi connectivity index (χ4n) is 2.93. The zero-order valence-electron chi connectivity index (χ0n) is 13.4. The molecule has 2 rings (SSSR count). The van der Waals surface area contributed by atoms with Crippen LogP contribution < -0.4 is 5.32 Å². The highest BCUT2D eigenvalue weighted by atomic mass is 16.5. The Labute approximate surface area is 132 Å². The molecule has 1 saturated carbocycles. The second-order valence-corrected chi connectivity index (χ2v) is 5.90. The summed E-state index contributed by atoms with van der Waals surface area (Å²) in [7, 11) is 0. The summed E-state index contributed by atoms with van der Waals surface area (Å²) in [6.45, 7) is 3.94. The lowest BCUT2D eigenvalue weighted by Gasteiger charge is -2.22. The third-order valence-electron chi connectivity index (χ3n) is 4.23. The summed E-state index contributed by atoms with van der Waals surface area (Å²) in [5.41, 5.74) is 1.80. The standard InChI is InChI=1S/C18H25NO3/c1-3-19-17(20)13(2)22-18(21)16-11-9-15(10-12-16)14-7-5-4-6-8-14/h9-14H,3-8H2,1-2H3,(H,19,20)/t13-/m1/s1. The molecule has 22 heavy (non-hydrogen) atoms. The molecule has 1 aromatic carbocycles. The number of nitrogens with one attached hydrogen (secondary N) is 1. The van der Waals surface area contributed by atoms with Crippen LogP contribution in [0.15, 0.2) is 24.3 Å². The Bertz CT molecular complexity index is 504. The maximum absolute atomic E-state index is 12.0. The Balaban J connectivity index is 1.94. The number of amides is 1. The van der Waals surface area contributed by atoms with Gasteiger partial charge in [-0.2, -0.15) is 0 Å². The predicted molar refractivity (Wildman–Crippen MR) is 85.8 cm³/mol. The Kier molecular flexibility index (Phi) is 5.99. The molecule has 120 valence electrons. The molecule has 1 aromatic rings. The molecule has 1 aliphatic carbocycles. The molecule has 1 amide bonds. The first-order valence-electron chi connectivity index (χ1n) is 8.20. The fourth-order valence-corrected chi connectivity index (χ4v) is 2.93. The number of rotatable bonds is 5. The molecular formula is C18H25NO3. The molecule has 0 unspecified atom stereocenters. The highest BCUT2D eigenvalue weighted by Gasteiger charge is 2.19. The van der Waals surface area contributed by atoms with Gasteiger partial charge in [-0.25, -0.2) is 4.79 Å². The van der Waals surface area contributed by atoms with Gasteiger partial charge in [0.2, 0.25) is 0 Å². The van der Waals surface area contributed by atoms with E-state index in [1.165, 1.54) is 37.7 Å². The van der Waals surface area contributed by atoms with Crippen molar-refractivity contribution in [1.82, 2.24) is 5.32 Å². The van der Waals surface area contributed by atoms with Gasteiger partial charge in [-0.1, -0.05) is 31.4 Å². The smallest absolute Gasteiger partial charge is 0.338 e. The van der Waals surface area contributed by atoms with Crippen LogP contribution in [0.3, 0.4) is 0 Å². The first kappa shape index (κ1) is 16.5. The molecule has 1 atom stereocenters. The van der Waals surface area contributed by atoms with Gasteiger partial charge in [0.15, 0.2) is 6.10 Å². The number of carbonyl (C=O) groups excluding carboxylic acids is 2. The zero-order valence-corrected chi connectivity index (χ0v) is 13.4. The van der Waals surface area contributed by atoms with Gasteiger partial charge in [0, 0.05) is 6.54 Å². The summed E-state index contributed by atoms with van der Waals surface area (Å²) in [4.78, 5) is 23.6. The van der Waals surface area contributed by atoms with Crippen molar-refractivity contribution in [3.05, 3.63) is 35.4 Å². The van der Waals surface area contributed by atoms with Gasteiger partial charge in [-0.3, -0.25) is 4.79 Å². The van der Waals surface area contributed by atoms with Crippen molar-refractivity contribution in [3.63, 3.8) is 0 Å². The summed E-state index contributed by atoms with van der Waals surface area (Å²) in [6, 6.07) is 7.64. The van der Waals surface area contributed by atoms with E-state index in [-0.39, 0.29) is 5.91 Å². The number of ether oxygens (including phenoxy) is 1. The summed E-state index contributed by atoms with van der Waals surface area (Å²) >= 11 is 0. The molecule has 0 bridgehead atoms. The zero-order chi connectivity index (χ0) is 15.9. The largest absolute Gasteiger partial charge is 0.449 e. The molecule has 1 aliphatic rings. The molecule has 1 N–H and O–H groups in total. The molecule has 0 heterocycles. The maximum Gasteiger partial charge on any atom is 0.338 e. The Morgan fingerprint density at radius 1 is 1.18 bits per heavy atom. The van der Waals surface area contributed by atoms with E-state index >= 15 is 0 Å². The van der Waals surface area contributed by atoms with E-state index in [1.54, 1.807) is 19.1 Å². The quantitative estimate of drug-likeness (QED) is 0.848. The van der Waals surface area contributed by atoms with Crippen molar-refractivity contribution >= 4 is 11.9 Å². The molecule has 4 nitrogen and oxygen atoms in total. The predicted octanol–water partition coefficient (Wildman–Crippen LogP) is 3.42. The number of hydrogen-bond donors (Lipinski definition) is 1. The van der Waals surface area contributed by atoms with Crippen molar-refractivity contribution in [2.24, 2.45) is 0 Å². The second-order valence-electron chi connectivity index (χ2n) is 5.90. The van der Waals surface area contributed by atoms with Gasteiger partial charge >= 0.3 is 5.97 Å². The average molecular weight is 303 g/mol. The summed E-state index contributed by atoms with van der Waals surface area (Å²) < 4.78 is 5.19. The second kappa shape index (κ2) is 7.97. The van der Waals surface area contributed by atoms with E-state index in [0.717, 1.165) is 0 Å². The lowest BCUT2D eigenvalue weighted by Crippen LogP contribution is -2.35. The summed E-state index contributed by atoms with van der Waals surface area (Å²) in [6.07, 6.45) is 5.61. The lowest BCUT2D eigenvalue weighted by atomic mass is 9.84. The number of esters is 1. The summed E-state index contributed by atoms with van der Waals surface area (Å²) in [5, 5.41) is 2.64. The van der Waals surface area contributed by atoms with E-state index in [0.29, 0.717) is 18.0 Å². The highest BCUT2D eigenvalue weighted by Crippen LogP contribution is 2.32. The number of benzene rings is 1. The fraction of sp³-hybridized carbons (Fsp3) is 0.556. The Morgan fingerprint density at radius 2 is 1.82 bits per heavy atom. The van der Waals surface area contributed by atoms with Gasteiger partial charge in [0.1, 0.15) is 0 Å². The third-order valence-corrected chi connectivity index (χ3v) is 4.23. The van der Waals surface area contributed by atoms with E-state index in [4.69, 9.17) is 4.74 Å². The average Bonchev–Trinajstić information content (AvgIpc) is 2.56. The summed E-state index contributed by atoms with van der Waals surface area (Å²) in [5.74, 6) is -0.100. The van der Waals surface area contributed by atoms with Gasteiger partial charge < -0.3 is 10.1 Å². The van der Waals surface area contributed by atoms with Crippen molar-refractivity contribution in [2.45, 2.75) is 58.0 Å². The van der Waals surface area contributed by atoms with Crippen molar-refractivity contribution in [3.8, 4) is 0 Å². The van der Waals surface area contributed by atoms with Crippen LogP contribution in [-0.2, 0) is 9.53 Å². The molecule has 0 saturated heterocycles. The molecule has 1 fully saturated rings. The molecule has 0 aromatic heterocycles. The monoisotopic (exact) mass is 303 g/mol. The van der Waals surface area contributed by atoms with Gasteiger partial charge in [0.05, 0.1) is 5.56 Å². The molecule has 0 radical (unpaired) electrons. The van der Waals surface area contributed by atoms with Crippen LogP contribution in [0.5, 0.6) is 0 Å². The van der Waals surface area contributed by atoms with E-state index in [1.807, 2.05) is 19.1 Å². The van der Waals surface area contributed by atoms with Crippen molar-refractivity contribution < 1.29 is 14.3 Å². The minimum atomic E-state index is -0.773. The van der Waals surface area contributed by atoms with Crippen LogP contribution in [0.2, 0.25) is 0 Å². The van der Waals surface area contributed by atoms with Crippen LogP contribution in [0.25, 0.3) is 0 Å². The van der Waals surface area contributed by atoms with E-state index in [2.05, 4.69) is 5.32 Å². The normalized spacial score (nSPS) is 16.8. The number of likely N-dealkylation sites (N-methyl/N-ethyl adjacent to an activating group) is 1. The Hall–Kier alpha value is -1.84. The van der Waals surface area contributed by atoms with Crippen molar-refractivity contribution in [1.29, 1.82) is 0 Å². The van der Waals surface area contributed by atoms with Crippen LogP contribution in [0, 0.1) is 0 Å². The highest BCUT2D eigenvalue weighted by molar-refractivity contribution is 5.92. The van der Waals surface area contributed by atoms with E-state index in [9.17, 15) is 9.59 Å². The van der Waals surface area contributed by atoms with Crippen LogP contribution >= 0.6 is 0 Å². The minimum Gasteiger partial charge on any atom is -0.449 e. The number of hydrogen-bond acceptors (Lipinski definition) is 3. The van der Waals surface area contributed by atoms with Crippen LogP contribution in [-0.4, -0.2) is 24.5 Å². The maximum atomic E-state index is 12.0. The molecule has 4 heteroatoms. The van der Waals surface area contributed by atoms with Gasteiger partial charge in [0.25, 0.3) is 5.91 Å². The minimum absolute atomic E-state index is 0.269. The molecule has 0 spiro atoms. The lowest BCUT2D eigenvalue weighted by molar-refractivity contribution is -0.128. The first-order chi connectivity index (χ1) is 10.6.